The Bertz CT molecular complexity index is 777. The second-order valence-corrected chi connectivity index (χ2v) is 7.82. The number of aromatic nitrogens is 1. The van der Waals surface area contributed by atoms with Gasteiger partial charge in [-0.05, 0) is 76.1 Å². The molecule has 1 heterocycles. The van der Waals surface area contributed by atoms with Crippen molar-refractivity contribution in [2.24, 2.45) is 0 Å². The number of carbonyl (C=O) groups excluding carboxylic acids is 1. The molecule has 140 valence electrons. The zero-order valence-corrected chi connectivity index (χ0v) is 15.6. The highest BCUT2D eigenvalue weighted by molar-refractivity contribution is 5.91. The molecule has 1 aromatic carbocycles. The fourth-order valence-corrected chi connectivity index (χ4v) is 3.24. The fourth-order valence-electron chi connectivity index (χ4n) is 3.24. The standard InChI is InChI=1S/C20H27N3O3/c1-20(2,3)26-19(24)23-14-4-6-15(7-5-14)25-16-8-9-17-13(12-16)10-11-22-18(17)21/h8-12,14-15H,4-7H2,1-3H3,(H2,21,22)(H,23,24). The van der Waals surface area contributed by atoms with Crippen molar-refractivity contribution in [3.63, 3.8) is 0 Å². The van der Waals surface area contributed by atoms with Gasteiger partial charge in [-0.15, -0.1) is 0 Å². The van der Waals surface area contributed by atoms with E-state index in [1.54, 1.807) is 6.20 Å². The summed E-state index contributed by atoms with van der Waals surface area (Å²) in [5, 5.41) is 4.91. The van der Waals surface area contributed by atoms with Crippen LogP contribution >= 0.6 is 0 Å². The van der Waals surface area contributed by atoms with Crippen molar-refractivity contribution in [1.29, 1.82) is 0 Å². The molecule has 0 unspecified atom stereocenters. The van der Waals surface area contributed by atoms with E-state index in [9.17, 15) is 4.79 Å². The van der Waals surface area contributed by atoms with E-state index in [0.29, 0.717) is 5.82 Å². The van der Waals surface area contributed by atoms with E-state index in [2.05, 4.69) is 10.3 Å². The Morgan fingerprint density at radius 3 is 2.62 bits per heavy atom. The predicted octanol–water partition coefficient (Wildman–Crippen LogP) is 4.03. The van der Waals surface area contributed by atoms with E-state index in [4.69, 9.17) is 15.2 Å². The molecule has 0 saturated heterocycles. The minimum Gasteiger partial charge on any atom is -0.490 e. The number of amides is 1. The van der Waals surface area contributed by atoms with Gasteiger partial charge < -0.3 is 20.5 Å². The van der Waals surface area contributed by atoms with Crippen LogP contribution in [0.25, 0.3) is 10.8 Å². The van der Waals surface area contributed by atoms with Gasteiger partial charge in [0.1, 0.15) is 17.2 Å². The number of pyridine rings is 1. The minimum atomic E-state index is -0.473. The molecule has 1 aromatic heterocycles. The van der Waals surface area contributed by atoms with E-state index < -0.39 is 5.60 Å². The summed E-state index contributed by atoms with van der Waals surface area (Å²) in [6, 6.07) is 7.96. The van der Waals surface area contributed by atoms with E-state index in [0.717, 1.165) is 42.2 Å². The summed E-state index contributed by atoms with van der Waals surface area (Å²) in [5.74, 6) is 1.37. The van der Waals surface area contributed by atoms with Gasteiger partial charge in [-0.25, -0.2) is 9.78 Å². The third kappa shape index (κ3) is 4.77. The lowest BCUT2D eigenvalue weighted by molar-refractivity contribution is 0.0471. The molecule has 3 N–H and O–H groups in total. The van der Waals surface area contributed by atoms with Gasteiger partial charge in [-0.3, -0.25) is 0 Å². The topological polar surface area (TPSA) is 86.5 Å². The van der Waals surface area contributed by atoms with Crippen molar-refractivity contribution in [3.05, 3.63) is 30.5 Å². The Morgan fingerprint density at radius 2 is 1.92 bits per heavy atom. The number of hydrogen-bond acceptors (Lipinski definition) is 5. The van der Waals surface area contributed by atoms with Crippen LogP contribution < -0.4 is 15.8 Å². The van der Waals surface area contributed by atoms with Crippen molar-refractivity contribution in [2.45, 2.75) is 64.2 Å². The average molecular weight is 357 g/mol. The first-order valence-electron chi connectivity index (χ1n) is 9.10. The zero-order valence-electron chi connectivity index (χ0n) is 15.6. The van der Waals surface area contributed by atoms with Crippen molar-refractivity contribution in [2.75, 3.05) is 5.73 Å². The Morgan fingerprint density at radius 1 is 1.19 bits per heavy atom. The zero-order chi connectivity index (χ0) is 18.7. The molecular formula is C20H27N3O3. The van der Waals surface area contributed by atoms with Crippen LogP contribution in [-0.4, -0.2) is 28.8 Å². The van der Waals surface area contributed by atoms with Gasteiger partial charge in [0.05, 0.1) is 6.10 Å². The van der Waals surface area contributed by atoms with Gasteiger partial charge >= 0.3 is 6.09 Å². The number of nitrogens with one attached hydrogen (secondary N) is 1. The number of anilines is 1. The number of rotatable bonds is 3. The molecule has 1 aliphatic carbocycles. The van der Waals surface area contributed by atoms with E-state index in [-0.39, 0.29) is 18.2 Å². The molecule has 0 atom stereocenters. The summed E-state index contributed by atoms with van der Waals surface area (Å²) in [6.45, 7) is 5.60. The van der Waals surface area contributed by atoms with Crippen molar-refractivity contribution in [3.8, 4) is 5.75 Å². The van der Waals surface area contributed by atoms with Crippen molar-refractivity contribution in [1.82, 2.24) is 10.3 Å². The Kier molecular flexibility index (Phi) is 5.20. The average Bonchev–Trinajstić information content (AvgIpc) is 2.55. The number of ether oxygens (including phenoxy) is 2. The van der Waals surface area contributed by atoms with Crippen LogP contribution in [0.4, 0.5) is 10.6 Å². The highest BCUT2D eigenvalue weighted by Gasteiger charge is 2.25. The number of nitrogens with zero attached hydrogens (tertiary/aromatic N) is 1. The molecule has 1 amide bonds. The van der Waals surface area contributed by atoms with Crippen molar-refractivity contribution < 1.29 is 14.3 Å². The number of nitrogens with two attached hydrogens (primary N) is 1. The van der Waals surface area contributed by atoms with Crippen molar-refractivity contribution >= 4 is 22.7 Å². The van der Waals surface area contributed by atoms with Crippen LogP contribution in [0.1, 0.15) is 46.5 Å². The molecule has 3 rings (SSSR count). The number of alkyl carbamates (subject to hydrolysis) is 1. The van der Waals surface area contributed by atoms with Gasteiger partial charge in [0.25, 0.3) is 0 Å². The molecule has 1 saturated carbocycles. The monoisotopic (exact) mass is 357 g/mol. The lowest BCUT2D eigenvalue weighted by Gasteiger charge is -2.30. The highest BCUT2D eigenvalue weighted by atomic mass is 16.6. The van der Waals surface area contributed by atoms with E-state index in [1.807, 2.05) is 45.0 Å². The SMILES string of the molecule is CC(C)(C)OC(=O)NC1CCC(Oc2ccc3c(N)nccc3c2)CC1. The number of hydrogen-bond donors (Lipinski definition) is 2. The number of nitrogen functional groups attached to an aromatic ring is 1. The molecule has 1 fully saturated rings. The lowest BCUT2D eigenvalue weighted by atomic mass is 9.93. The first-order valence-corrected chi connectivity index (χ1v) is 9.10. The smallest absolute Gasteiger partial charge is 0.407 e. The van der Waals surface area contributed by atoms with Gasteiger partial charge in [-0.1, -0.05) is 0 Å². The molecule has 2 aromatic rings. The lowest BCUT2D eigenvalue weighted by Crippen LogP contribution is -2.42. The Labute approximate surface area is 154 Å². The maximum absolute atomic E-state index is 11.9. The second kappa shape index (κ2) is 7.40. The number of fused-ring (bicyclic) bond motifs is 1. The van der Waals surface area contributed by atoms with Gasteiger partial charge in [0, 0.05) is 17.6 Å². The number of carbonyl (C=O) groups is 1. The molecule has 0 bridgehead atoms. The fraction of sp³-hybridized carbons (Fsp3) is 0.500. The van der Waals surface area contributed by atoms with E-state index >= 15 is 0 Å². The summed E-state index contributed by atoms with van der Waals surface area (Å²) >= 11 is 0. The summed E-state index contributed by atoms with van der Waals surface area (Å²) in [4.78, 5) is 16.0. The second-order valence-electron chi connectivity index (χ2n) is 7.82. The summed E-state index contributed by atoms with van der Waals surface area (Å²) < 4.78 is 11.4. The molecule has 0 aliphatic heterocycles. The molecule has 0 spiro atoms. The molecular weight excluding hydrogens is 330 g/mol. The first kappa shape index (κ1) is 18.3. The van der Waals surface area contributed by atoms with Crippen LogP contribution in [0.3, 0.4) is 0 Å². The summed E-state index contributed by atoms with van der Waals surface area (Å²) in [6.07, 6.45) is 5.08. The summed E-state index contributed by atoms with van der Waals surface area (Å²) in [5.41, 5.74) is 5.41. The normalized spacial score (nSPS) is 20.6. The molecule has 6 heteroatoms. The maximum Gasteiger partial charge on any atom is 0.407 e. The third-order valence-electron chi connectivity index (χ3n) is 4.46. The van der Waals surface area contributed by atoms with Crippen LogP contribution in [0, 0.1) is 0 Å². The number of benzene rings is 1. The Balaban J connectivity index is 1.52. The van der Waals surface area contributed by atoms with Crippen LogP contribution in [0.2, 0.25) is 0 Å². The third-order valence-corrected chi connectivity index (χ3v) is 4.46. The molecule has 6 nitrogen and oxygen atoms in total. The van der Waals surface area contributed by atoms with Gasteiger partial charge in [0.15, 0.2) is 0 Å². The molecule has 26 heavy (non-hydrogen) atoms. The largest absolute Gasteiger partial charge is 0.490 e. The van der Waals surface area contributed by atoms with Gasteiger partial charge in [0.2, 0.25) is 0 Å². The minimum absolute atomic E-state index is 0.146. The highest BCUT2D eigenvalue weighted by Crippen LogP contribution is 2.28. The van der Waals surface area contributed by atoms with Gasteiger partial charge in [-0.2, -0.15) is 0 Å². The first-order chi connectivity index (χ1) is 12.3. The maximum atomic E-state index is 11.9. The molecule has 0 radical (unpaired) electrons. The van der Waals surface area contributed by atoms with E-state index in [1.165, 1.54) is 0 Å². The Hall–Kier alpha value is -2.50. The van der Waals surface area contributed by atoms with Crippen LogP contribution in [-0.2, 0) is 4.74 Å². The van der Waals surface area contributed by atoms with Crippen LogP contribution in [0.5, 0.6) is 5.75 Å². The summed E-state index contributed by atoms with van der Waals surface area (Å²) in [7, 11) is 0. The quantitative estimate of drug-likeness (QED) is 0.866. The van der Waals surface area contributed by atoms with Crippen LogP contribution in [0.15, 0.2) is 30.5 Å². The predicted molar refractivity (Wildman–Crippen MR) is 102 cm³/mol. The molecule has 1 aliphatic rings.